The van der Waals surface area contributed by atoms with Gasteiger partial charge in [-0.05, 0) is 56.5 Å². The summed E-state index contributed by atoms with van der Waals surface area (Å²) in [5.41, 5.74) is 1.60. The quantitative estimate of drug-likeness (QED) is 0.786. The lowest BCUT2D eigenvalue weighted by Crippen LogP contribution is -2.29. The Kier molecular flexibility index (Phi) is 5.82. The molecular weight excluding hydrogens is 326 g/mol. The molecule has 2 aromatic rings. The van der Waals surface area contributed by atoms with Gasteiger partial charge in [-0.1, -0.05) is 28.9 Å². The van der Waals surface area contributed by atoms with Crippen LogP contribution in [0, 0.1) is 0 Å². The van der Waals surface area contributed by atoms with Gasteiger partial charge in [0.15, 0.2) is 5.69 Å². The van der Waals surface area contributed by atoms with Crippen molar-refractivity contribution in [3.63, 3.8) is 0 Å². The minimum atomic E-state index is -0.161. The number of nitrogens with one attached hydrogen (secondary N) is 2. The topological polar surface area (TPSA) is 71.8 Å². The van der Waals surface area contributed by atoms with Crippen LogP contribution >= 0.6 is 11.6 Å². The Morgan fingerprint density at radius 1 is 1.29 bits per heavy atom. The molecule has 0 unspecified atom stereocenters. The lowest BCUT2D eigenvalue weighted by atomic mass is 10.1. The summed E-state index contributed by atoms with van der Waals surface area (Å²) >= 11 is 5.87. The zero-order chi connectivity index (χ0) is 16.8. The summed E-state index contributed by atoms with van der Waals surface area (Å²) in [4.78, 5) is 12.1. The van der Waals surface area contributed by atoms with Gasteiger partial charge in [0.05, 0.1) is 12.2 Å². The Labute approximate surface area is 146 Å². The standard InChI is InChI=1S/C17H22ClN5O/c18-14-5-3-13(4-6-14)2-1-9-20-17(24)16-12-23(22-21-16)15-7-10-19-11-8-15/h3-6,12,15,19H,1-2,7-11H2,(H,20,24). The van der Waals surface area contributed by atoms with Crippen molar-refractivity contribution in [3.05, 3.63) is 46.7 Å². The number of carbonyl (C=O) groups is 1. The first-order valence-electron chi connectivity index (χ1n) is 8.37. The third-order valence-corrected chi connectivity index (χ3v) is 4.52. The van der Waals surface area contributed by atoms with Gasteiger partial charge in [-0.3, -0.25) is 4.79 Å². The number of aryl methyl sites for hydroxylation is 1. The van der Waals surface area contributed by atoms with Crippen molar-refractivity contribution in [3.8, 4) is 0 Å². The summed E-state index contributed by atoms with van der Waals surface area (Å²) < 4.78 is 1.82. The second-order valence-corrected chi connectivity index (χ2v) is 6.49. The molecule has 0 atom stereocenters. The number of amides is 1. The molecule has 0 aliphatic carbocycles. The number of hydrogen-bond donors (Lipinski definition) is 2. The fourth-order valence-corrected chi connectivity index (χ4v) is 2.99. The van der Waals surface area contributed by atoms with E-state index >= 15 is 0 Å². The predicted octanol–water partition coefficient (Wildman–Crippen LogP) is 2.22. The zero-order valence-corrected chi connectivity index (χ0v) is 14.3. The molecular formula is C17H22ClN5O. The van der Waals surface area contributed by atoms with E-state index in [0.717, 1.165) is 43.8 Å². The van der Waals surface area contributed by atoms with Crippen molar-refractivity contribution in [1.29, 1.82) is 0 Å². The molecule has 1 amide bonds. The van der Waals surface area contributed by atoms with Gasteiger partial charge in [-0.2, -0.15) is 0 Å². The van der Waals surface area contributed by atoms with Crippen molar-refractivity contribution in [1.82, 2.24) is 25.6 Å². The van der Waals surface area contributed by atoms with Gasteiger partial charge in [0.1, 0.15) is 0 Å². The van der Waals surface area contributed by atoms with Crippen LogP contribution in [0.2, 0.25) is 5.02 Å². The molecule has 6 nitrogen and oxygen atoms in total. The zero-order valence-electron chi connectivity index (χ0n) is 13.5. The van der Waals surface area contributed by atoms with Crippen molar-refractivity contribution < 1.29 is 4.79 Å². The smallest absolute Gasteiger partial charge is 0.273 e. The van der Waals surface area contributed by atoms with Crippen LogP contribution in [0.3, 0.4) is 0 Å². The molecule has 0 bridgehead atoms. The fourth-order valence-electron chi connectivity index (χ4n) is 2.87. The van der Waals surface area contributed by atoms with Crippen molar-refractivity contribution in [2.75, 3.05) is 19.6 Å². The van der Waals surface area contributed by atoms with Gasteiger partial charge < -0.3 is 10.6 Å². The van der Waals surface area contributed by atoms with Crippen LogP contribution < -0.4 is 10.6 Å². The van der Waals surface area contributed by atoms with Crippen molar-refractivity contribution in [2.24, 2.45) is 0 Å². The average molecular weight is 348 g/mol. The molecule has 24 heavy (non-hydrogen) atoms. The van der Waals surface area contributed by atoms with Gasteiger partial charge >= 0.3 is 0 Å². The molecule has 3 rings (SSSR count). The van der Waals surface area contributed by atoms with E-state index in [2.05, 4.69) is 20.9 Å². The molecule has 0 saturated carbocycles. The maximum Gasteiger partial charge on any atom is 0.273 e. The highest BCUT2D eigenvalue weighted by molar-refractivity contribution is 6.30. The van der Waals surface area contributed by atoms with Crippen molar-refractivity contribution in [2.45, 2.75) is 31.7 Å². The monoisotopic (exact) mass is 347 g/mol. The molecule has 2 N–H and O–H groups in total. The highest BCUT2D eigenvalue weighted by Gasteiger charge is 2.18. The Morgan fingerprint density at radius 3 is 2.79 bits per heavy atom. The van der Waals surface area contributed by atoms with Gasteiger partial charge in [-0.15, -0.1) is 5.10 Å². The van der Waals surface area contributed by atoms with Crippen LogP contribution in [-0.4, -0.2) is 40.5 Å². The minimum absolute atomic E-state index is 0.161. The fraction of sp³-hybridized carbons (Fsp3) is 0.471. The maximum atomic E-state index is 12.1. The number of carbonyl (C=O) groups excluding carboxylic acids is 1. The van der Waals surface area contributed by atoms with Gasteiger partial charge in [0.25, 0.3) is 5.91 Å². The van der Waals surface area contributed by atoms with E-state index in [0.29, 0.717) is 18.3 Å². The number of rotatable bonds is 6. The molecule has 1 fully saturated rings. The summed E-state index contributed by atoms with van der Waals surface area (Å²) in [6.07, 6.45) is 5.57. The molecule has 1 aromatic carbocycles. The van der Waals surface area contributed by atoms with Crippen LogP contribution in [0.15, 0.2) is 30.5 Å². The Bertz CT molecular complexity index is 664. The highest BCUT2D eigenvalue weighted by atomic mass is 35.5. The first kappa shape index (κ1) is 16.9. The van der Waals surface area contributed by atoms with E-state index in [1.807, 2.05) is 28.9 Å². The molecule has 0 radical (unpaired) electrons. The lowest BCUT2D eigenvalue weighted by molar-refractivity contribution is 0.0948. The molecule has 1 aliphatic rings. The van der Waals surface area contributed by atoms with E-state index in [9.17, 15) is 4.79 Å². The number of halogens is 1. The third kappa shape index (κ3) is 4.55. The van der Waals surface area contributed by atoms with E-state index in [1.165, 1.54) is 5.56 Å². The van der Waals surface area contributed by atoms with Gasteiger partial charge in [0.2, 0.25) is 0 Å². The van der Waals surface area contributed by atoms with Gasteiger partial charge in [-0.25, -0.2) is 4.68 Å². The highest BCUT2D eigenvalue weighted by Crippen LogP contribution is 2.17. The molecule has 2 heterocycles. The van der Waals surface area contributed by atoms with E-state index in [-0.39, 0.29) is 5.91 Å². The number of nitrogens with zero attached hydrogens (tertiary/aromatic N) is 3. The maximum absolute atomic E-state index is 12.1. The number of aromatic nitrogens is 3. The third-order valence-electron chi connectivity index (χ3n) is 4.27. The normalized spacial score (nSPS) is 15.4. The van der Waals surface area contributed by atoms with Gasteiger partial charge in [0, 0.05) is 11.6 Å². The van der Waals surface area contributed by atoms with E-state index < -0.39 is 0 Å². The second-order valence-electron chi connectivity index (χ2n) is 6.05. The Morgan fingerprint density at radius 2 is 2.04 bits per heavy atom. The SMILES string of the molecule is O=C(NCCCc1ccc(Cl)cc1)c1cn(C2CCNCC2)nn1. The first-order valence-corrected chi connectivity index (χ1v) is 8.75. The lowest BCUT2D eigenvalue weighted by Gasteiger charge is -2.22. The summed E-state index contributed by atoms with van der Waals surface area (Å²) in [6.45, 7) is 2.58. The van der Waals surface area contributed by atoms with Crippen LogP contribution in [0.5, 0.6) is 0 Å². The number of benzene rings is 1. The molecule has 7 heteroatoms. The Balaban J connectivity index is 1.43. The summed E-state index contributed by atoms with van der Waals surface area (Å²) in [6, 6.07) is 8.12. The summed E-state index contributed by atoms with van der Waals surface area (Å²) in [7, 11) is 0. The second kappa shape index (κ2) is 8.26. The minimum Gasteiger partial charge on any atom is -0.351 e. The largest absolute Gasteiger partial charge is 0.351 e. The molecule has 1 aromatic heterocycles. The van der Waals surface area contributed by atoms with Crippen LogP contribution in [0.4, 0.5) is 0 Å². The summed E-state index contributed by atoms with van der Waals surface area (Å²) in [5.74, 6) is -0.161. The average Bonchev–Trinajstić information content (AvgIpc) is 3.11. The Hall–Kier alpha value is -1.92. The van der Waals surface area contributed by atoms with Crippen LogP contribution in [-0.2, 0) is 6.42 Å². The molecule has 128 valence electrons. The van der Waals surface area contributed by atoms with E-state index in [1.54, 1.807) is 6.20 Å². The van der Waals surface area contributed by atoms with Crippen LogP contribution in [0.25, 0.3) is 0 Å². The summed E-state index contributed by atoms with van der Waals surface area (Å²) in [5, 5.41) is 15.1. The molecule has 0 spiro atoms. The first-order chi connectivity index (χ1) is 11.7. The van der Waals surface area contributed by atoms with Crippen LogP contribution in [0.1, 0.15) is 41.4 Å². The number of hydrogen-bond acceptors (Lipinski definition) is 4. The predicted molar refractivity (Wildman–Crippen MR) is 93.3 cm³/mol. The number of piperidine rings is 1. The molecule has 1 saturated heterocycles. The molecule has 1 aliphatic heterocycles. The van der Waals surface area contributed by atoms with Crippen molar-refractivity contribution >= 4 is 17.5 Å². The van der Waals surface area contributed by atoms with E-state index in [4.69, 9.17) is 11.6 Å².